The molecular weight excluding hydrogens is 188 g/mol. The molecule has 1 nitrogen and oxygen atoms in total. The van der Waals surface area contributed by atoms with Crippen molar-refractivity contribution in [1.29, 1.82) is 0 Å². The van der Waals surface area contributed by atoms with Crippen LogP contribution in [0.3, 0.4) is 0 Å². The first-order chi connectivity index (χ1) is 6.27. The number of hydrogen-bond donors (Lipinski definition) is 0. The molecule has 0 aromatic carbocycles. The maximum absolute atomic E-state index is 4.36. The van der Waals surface area contributed by atoms with E-state index in [1.54, 1.807) is 0 Å². The van der Waals surface area contributed by atoms with Crippen molar-refractivity contribution < 1.29 is 4.74 Å². The standard InChI is InChI=1S/C8H18Si.C4H6O/c1-7(9(5)6)8(2,3)4;1-3-5-4-2/h9H,1H2,2-6H3;3-4H,1-2H2. The summed E-state index contributed by atoms with van der Waals surface area (Å²) in [6, 6.07) is 0. The van der Waals surface area contributed by atoms with E-state index in [2.05, 4.69) is 58.3 Å². The Bertz CT molecular complexity index is 181. The minimum Gasteiger partial charge on any atom is -0.474 e. The van der Waals surface area contributed by atoms with Gasteiger partial charge in [-0.2, -0.15) is 0 Å². The van der Waals surface area contributed by atoms with Crippen molar-refractivity contribution in [3.63, 3.8) is 0 Å². The van der Waals surface area contributed by atoms with Gasteiger partial charge in [-0.15, -0.1) is 6.58 Å². The normalized spacial score (nSPS) is 9.86. The molecule has 0 N–H and O–H groups in total. The first-order valence-electron chi connectivity index (χ1n) is 4.83. The van der Waals surface area contributed by atoms with Gasteiger partial charge in [0.15, 0.2) is 0 Å². The van der Waals surface area contributed by atoms with Gasteiger partial charge in [0.2, 0.25) is 0 Å². The fraction of sp³-hybridized carbons (Fsp3) is 0.500. The molecule has 2 heteroatoms. The van der Waals surface area contributed by atoms with Crippen LogP contribution in [0.15, 0.2) is 37.5 Å². The number of allylic oxidation sites excluding steroid dienone is 1. The molecule has 0 rings (SSSR count). The molecule has 82 valence electrons. The van der Waals surface area contributed by atoms with Gasteiger partial charge in [-0.05, 0) is 5.41 Å². The number of hydrogen-bond acceptors (Lipinski definition) is 1. The molecule has 0 heterocycles. The second-order valence-electron chi connectivity index (χ2n) is 4.40. The van der Waals surface area contributed by atoms with E-state index in [0.717, 1.165) is 0 Å². The van der Waals surface area contributed by atoms with Gasteiger partial charge >= 0.3 is 0 Å². The van der Waals surface area contributed by atoms with Crippen molar-refractivity contribution >= 4 is 8.80 Å². The van der Waals surface area contributed by atoms with E-state index in [4.69, 9.17) is 0 Å². The van der Waals surface area contributed by atoms with E-state index in [0.29, 0.717) is 5.41 Å². The third-order valence-electron chi connectivity index (χ3n) is 1.85. The van der Waals surface area contributed by atoms with E-state index < -0.39 is 8.80 Å². The minimum absolute atomic E-state index is 0.348. The fourth-order valence-corrected chi connectivity index (χ4v) is 2.67. The van der Waals surface area contributed by atoms with Crippen LogP contribution < -0.4 is 0 Å². The van der Waals surface area contributed by atoms with Crippen molar-refractivity contribution in [2.45, 2.75) is 33.9 Å². The van der Waals surface area contributed by atoms with Crippen molar-refractivity contribution in [1.82, 2.24) is 0 Å². The maximum Gasteiger partial charge on any atom is 0.0829 e. The Kier molecular flexibility index (Phi) is 8.55. The highest BCUT2D eigenvalue weighted by Crippen LogP contribution is 2.25. The summed E-state index contributed by atoms with van der Waals surface area (Å²) in [7, 11) is -0.584. The van der Waals surface area contributed by atoms with Crippen LogP contribution in [0, 0.1) is 5.41 Å². The second-order valence-corrected chi connectivity index (χ2v) is 7.41. The van der Waals surface area contributed by atoms with Gasteiger partial charge < -0.3 is 4.74 Å². The summed E-state index contributed by atoms with van der Waals surface area (Å²) in [5.74, 6) is 0. The molecular formula is C12H24OSi. The van der Waals surface area contributed by atoms with Gasteiger partial charge in [0.05, 0.1) is 21.3 Å². The third kappa shape index (κ3) is 9.33. The molecule has 0 aliphatic rings. The van der Waals surface area contributed by atoms with E-state index in [-0.39, 0.29) is 0 Å². The summed E-state index contributed by atoms with van der Waals surface area (Å²) in [6.45, 7) is 22.0. The molecule has 0 aliphatic carbocycles. The lowest BCUT2D eigenvalue weighted by Gasteiger charge is -2.24. The van der Waals surface area contributed by atoms with E-state index in [1.165, 1.54) is 17.7 Å². The van der Waals surface area contributed by atoms with Crippen LogP contribution in [0.4, 0.5) is 0 Å². The largest absolute Gasteiger partial charge is 0.474 e. The summed E-state index contributed by atoms with van der Waals surface area (Å²) in [4.78, 5) is 0. The molecule has 0 bridgehead atoms. The third-order valence-corrected chi connectivity index (χ3v) is 4.11. The molecule has 14 heavy (non-hydrogen) atoms. The highest BCUT2D eigenvalue weighted by atomic mass is 28.3. The lowest BCUT2D eigenvalue weighted by atomic mass is 9.97. The summed E-state index contributed by atoms with van der Waals surface area (Å²) in [5.41, 5.74) is 0.348. The summed E-state index contributed by atoms with van der Waals surface area (Å²) >= 11 is 0. The molecule has 0 unspecified atom stereocenters. The van der Waals surface area contributed by atoms with E-state index in [1.807, 2.05) is 0 Å². The van der Waals surface area contributed by atoms with Gasteiger partial charge in [0.25, 0.3) is 0 Å². The lowest BCUT2D eigenvalue weighted by Crippen LogP contribution is -2.19. The topological polar surface area (TPSA) is 9.23 Å². The molecule has 0 spiro atoms. The van der Waals surface area contributed by atoms with Crippen LogP contribution >= 0.6 is 0 Å². The molecule has 0 aliphatic heterocycles. The van der Waals surface area contributed by atoms with Crippen LogP contribution in [0.5, 0.6) is 0 Å². The van der Waals surface area contributed by atoms with Gasteiger partial charge in [-0.1, -0.05) is 52.2 Å². The first kappa shape index (κ1) is 15.7. The Labute approximate surface area is 90.8 Å². The van der Waals surface area contributed by atoms with Gasteiger partial charge in [0.1, 0.15) is 0 Å². The molecule has 0 aromatic heterocycles. The Morgan fingerprint density at radius 2 is 1.50 bits per heavy atom. The van der Waals surface area contributed by atoms with E-state index in [9.17, 15) is 0 Å². The minimum atomic E-state index is -0.584. The zero-order valence-corrected chi connectivity index (χ0v) is 11.4. The molecule has 0 atom stereocenters. The van der Waals surface area contributed by atoms with Crippen LogP contribution in [-0.2, 0) is 4.74 Å². The quantitative estimate of drug-likeness (QED) is 0.509. The Morgan fingerprint density at radius 1 is 1.14 bits per heavy atom. The van der Waals surface area contributed by atoms with Crippen molar-refractivity contribution in [3.05, 3.63) is 37.5 Å². The molecule has 0 saturated heterocycles. The van der Waals surface area contributed by atoms with Gasteiger partial charge in [-0.3, -0.25) is 0 Å². The Morgan fingerprint density at radius 3 is 1.50 bits per heavy atom. The van der Waals surface area contributed by atoms with Crippen molar-refractivity contribution in [2.24, 2.45) is 5.41 Å². The number of rotatable bonds is 3. The molecule has 0 saturated carbocycles. The molecule has 0 radical (unpaired) electrons. The smallest absolute Gasteiger partial charge is 0.0829 e. The van der Waals surface area contributed by atoms with Crippen LogP contribution in [0.1, 0.15) is 20.8 Å². The monoisotopic (exact) mass is 212 g/mol. The molecule has 0 aromatic rings. The zero-order chi connectivity index (χ0) is 11.8. The Hall–Kier alpha value is -0.763. The van der Waals surface area contributed by atoms with Crippen LogP contribution in [-0.4, -0.2) is 8.80 Å². The first-order valence-corrected chi connectivity index (χ1v) is 7.72. The van der Waals surface area contributed by atoms with Crippen molar-refractivity contribution in [3.8, 4) is 0 Å². The van der Waals surface area contributed by atoms with Crippen molar-refractivity contribution in [2.75, 3.05) is 0 Å². The predicted molar refractivity (Wildman–Crippen MR) is 69.0 cm³/mol. The average molecular weight is 212 g/mol. The maximum atomic E-state index is 4.36. The summed E-state index contributed by atoms with van der Waals surface area (Å²) in [5, 5.41) is 1.47. The predicted octanol–water partition coefficient (Wildman–Crippen LogP) is 3.90. The fourth-order valence-electron chi connectivity index (χ4n) is 0.934. The second kappa shape index (κ2) is 7.62. The zero-order valence-electron chi connectivity index (χ0n) is 10.3. The SMILES string of the molecule is C=C([SiH](C)C)C(C)(C)C.C=COC=C. The summed E-state index contributed by atoms with van der Waals surface area (Å²) < 4.78 is 4.36. The van der Waals surface area contributed by atoms with Gasteiger partial charge in [-0.25, -0.2) is 0 Å². The lowest BCUT2D eigenvalue weighted by molar-refractivity contribution is 0.406. The van der Waals surface area contributed by atoms with Gasteiger partial charge in [0, 0.05) is 0 Å². The van der Waals surface area contributed by atoms with Crippen LogP contribution in [0.25, 0.3) is 0 Å². The molecule has 0 amide bonds. The average Bonchev–Trinajstić information content (AvgIpc) is 2.04. The molecule has 0 fully saturated rings. The Balaban J connectivity index is 0. The van der Waals surface area contributed by atoms with E-state index >= 15 is 0 Å². The number of ether oxygens (including phenoxy) is 1. The highest BCUT2D eigenvalue weighted by molar-refractivity contribution is 6.64. The highest BCUT2D eigenvalue weighted by Gasteiger charge is 2.17. The van der Waals surface area contributed by atoms with Crippen LogP contribution in [0.2, 0.25) is 13.1 Å². The summed E-state index contributed by atoms with van der Waals surface area (Å²) in [6.07, 6.45) is 2.62.